The van der Waals surface area contributed by atoms with Crippen molar-refractivity contribution in [3.8, 4) is 0 Å². The van der Waals surface area contributed by atoms with Crippen molar-refractivity contribution in [1.29, 1.82) is 0 Å². The van der Waals surface area contributed by atoms with E-state index in [0.717, 1.165) is 0 Å². The van der Waals surface area contributed by atoms with Crippen molar-refractivity contribution >= 4 is 60.7 Å². The lowest BCUT2D eigenvalue weighted by Gasteiger charge is -2.27. The van der Waals surface area contributed by atoms with E-state index in [-0.39, 0.29) is 23.8 Å². The van der Waals surface area contributed by atoms with Crippen LogP contribution in [0.5, 0.6) is 0 Å². The van der Waals surface area contributed by atoms with Gasteiger partial charge in [0.2, 0.25) is 17.7 Å². The van der Waals surface area contributed by atoms with Crippen molar-refractivity contribution in [3.05, 3.63) is 0 Å². The average molecular weight is 469 g/mol. The van der Waals surface area contributed by atoms with Gasteiger partial charge in [-0.1, -0.05) is 20.3 Å². The molecule has 0 aromatic heterocycles. The van der Waals surface area contributed by atoms with E-state index in [2.05, 4.69) is 41.2 Å². The summed E-state index contributed by atoms with van der Waals surface area (Å²) in [5, 5.41) is 16.8. The summed E-state index contributed by atoms with van der Waals surface area (Å²) >= 11 is 9.53. The Morgan fingerprint density at radius 2 is 1.59 bits per heavy atom. The monoisotopic (exact) mass is 468 g/mol. The van der Waals surface area contributed by atoms with E-state index in [1.807, 2.05) is 13.2 Å². The van der Waals surface area contributed by atoms with Gasteiger partial charge in [-0.25, -0.2) is 4.79 Å². The number of carboxylic acid groups (broad SMARTS) is 1. The molecule has 0 saturated carbocycles. The summed E-state index contributed by atoms with van der Waals surface area (Å²) < 4.78 is 0. The highest BCUT2D eigenvalue weighted by Gasteiger charge is 2.31. The van der Waals surface area contributed by atoms with Gasteiger partial charge in [-0.15, -0.1) is 0 Å². The van der Waals surface area contributed by atoms with Crippen LogP contribution in [0.2, 0.25) is 0 Å². The molecule has 0 radical (unpaired) electrons. The van der Waals surface area contributed by atoms with Crippen molar-refractivity contribution < 1.29 is 24.3 Å². The van der Waals surface area contributed by atoms with E-state index in [1.165, 1.54) is 11.8 Å². The summed E-state index contributed by atoms with van der Waals surface area (Å²) in [6.07, 6.45) is 2.69. The van der Waals surface area contributed by atoms with Crippen molar-refractivity contribution in [2.75, 3.05) is 23.5 Å². The predicted molar refractivity (Wildman–Crippen MR) is 122 cm³/mol. The van der Waals surface area contributed by atoms with Crippen molar-refractivity contribution in [2.24, 2.45) is 11.7 Å². The molecule has 0 aromatic carbocycles. The Bertz CT molecular complexity index is 567. The smallest absolute Gasteiger partial charge is 0.326 e. The topological polar surface area (TPSA) is 151 Å². The van der Waals surface area contributed by atoms with Crippen LogP contribution in [0, 0.1) is 5.92 Å². The van der Waals surface area contributed by atoms with Gasteiger partial charge in [0, 0.05) is 11.5 Å². The minimum absolute atomic E-state index is 0.0379. The third kappa shape index (κ3) is 9.96. The van der Waals surface area contributed by atoms with Crippen LogP contribution in [0.1, 0.15) is 26.7 Å². The maximum Gasteiger partial charge on any atom is 0.326 e. The molecule has 0 spiro atoms. The number of nitrogens with one attached hydrogen (secondary N) is 3. The maximum absolute atomic E-state index is 12.7. The molecular formula is C17H32N4O5S3. The summed E-state index contributed by atoms with van der Waals surface area (Å²) in [6, 6.07) is -3.88. The fraction of sp³-hybridized carbons (Fsp3) is 0.765. The number of thioether (sulfide) groups is 1. The van der Waals surface area contributed by atoms with E-state index in [4.69, 9.17) is 5.73 Å². The van der Waals surface area contributed by atoms with E-state index in [0.29, 0.717) is 12.2 Å². The summed E-state index contributed by atoms with van der Waals surface area (Å²) in [5.74, 6) is -2.46. The molecule has 0 aromatic rings. The minimum atomic E-state index is -1.15. The van der Waals surface area contributed by atoms with Gasteiger partial charge in [0.15, 0.2) is 0 Å². The van der Waals surface area contributed by atoms with Crippen molar-refractivity contribution in [1.82, 2.24) is 16.0 Å². The SMILES string of the molecule is CCC(C)C(NC(=O)C(N)CS)C(=O)NC(CS)C(=O)NC(CCSC)C(=O)O. The molecule has 0 aliphatic carbocycles. The molecule has 168 valence electrons. The molecule has 6 N–H and O–H groups in total. The fourth-order valence-electron chi connectivity index (χ4n) is 2.27. The summed E-state index contributed by atoms with van der Waals surface area (Å²) in [4.78, 5) is 48.6. The quantitative estimate of drug-likeness (QED) is 0.170. The second-order valence-corrected chi connectivity index (χ2v) is 8.30. The molecule has 0 rings (SSSR count). The maximum atomic E-state index is 12.7. The third-order valence-corrected chi connectivity index (χ3v) is 5.77. The van der Waals surface area contributed by atoms with Gasteiger partial charge in [0.1, 0.15) is 18.1 Å². The van der Waals surface area contributed by atoms with Crippen LogP contribution in [0.4, 0.5) is 0 Å². The van der Waals surface area contributed by atoms with Crippen LogP contribution in [-0.2, 0) is 19.2 Å². The zero-order chi connectivity index (χ0) is 22.6. The Balaban J connectivity index is 5.19. The normalized spacial score (nSPS) is 16.1. The molecule has 0 fully saturated rings. The molecule has 0 aliphatic rings. The van der Waals surface area contributed by atoms with E-state index >= 15 is 0 Å². The first-order valence-electron chi connectivity index (χ1n) is 9.22. The van der Waals surface area contributed by atoms with Gasteiger partial charge in [0.05, 0.1) is 6.04 Å². The highest BCUT2D eigenvalue weighted by Crippen LogP contribution is 2.09. The Kier molecular flexibility index (Phi) is 14.2. The molecule has 3 amide bonds. The fourth-order valence-corrected chi connectivity index (χ4v) is 3.16. The number of carboxylic acids is 1. The summed E-state index contributed by atoms with van der Waals surface area (Å²) in [6.45, 7) is 3.65. The molecule has 12 heteroatoms. The Labute approximate surface area is 186 Å². The van der Waals surface area contributed by atoms with Crippen LogP contribution in [0.3, 0.4) is 0 Å². The second-order valence-electron chi connectivity index (χ2n) is 6.59. The largest absolute Gasteiger partial charge is 0.480 e. The molecule has 0 bridgehead atoms. The number of carbonyl (C=O) groups is 4. The summed E-state index contributed by atoms with van der Waals surface area (Å²) in [5.41, 5.74) is 5.65. The number of aliphatic carboxylic acids is 1. The van der Waals surface area contributed by atoms with Crippen LogP contribution in [-0.4, -0.2) is 76.5 Å². The lowest BCUT2D eigenvalue weighted by Crippen LogP contribution is -2.59. The Morgan fingerprint density at radius 3 is 2.03 bits per heavy atom. The van der Waals surface area contributed by atoms with Crippen molar-refractivity contribution in [3.63, 3.8) is 0 Å². The predicted octanol–water partition coefficient (Wildman–Crippen LogP) is -0.488. The van der Waals surface area contributed by atoms with Gasteiger partial charge in [0.25, 0.3) is 0 Å². The number of amides is 3. The molecule has 0 heterocycles. The first-order valence-corrected chi connectivity index (χ1v) is 11.9. The minimum Gasteiger partial charge on any atom is -0.480 e. The lowest BCUT2D eigenvalue weighted by atomic mass is 9.97. The van der Waals surface area contributed by atoms with Gasteiger partial charge >= 0.3 is 5.97 Å². The van der Waals surface area contributed by atoms with Gasteiger partial charge in [-0.3, -0.25) is 14.4 Å². The number of hydrogen-bond donors (Lipinski definition) is 7. The zero-order valence-electron chi connectivity index (χ0n) is 16.9. The molecule has 0 aliphatic heterocycles. The van der Waals surface area contributed by atoms with Crippen LogP contribution in [0.25, 0.3) is 0 Å². The van der Waals surface area contributed by atoms with Gasteiger partial charge < -0.3 is 26.8 Å². The number of nitrogens with two attached hydrogens (primary N) is 1. The molecule has 0 saturated heterocycles. The number of rotatable bonds is 14. The highest BCUT2D eigenvalue weighted by atomic mass is 32.2. The first kappa shape index (κ1) is 27.9. The van der Waals surface area contributed by atoms with E-state index in [1.54, 1.807) is 6.92 Å². The van der Waals surface area contributed by atoms with Crippen LogP contribution in [0.15, 0.2) is 0 Å². The van der Waals surface area contributed by atoms with Gasteiger partial charge in [-0.2, -0.15) is 37.0 Å². The van der Waals surface area contributed by atoms with Crippen LogP contribution < -0.4 is 21.7 Å². The van der Waals surface area contributed by atoms with Gasteiger partial charge in [-0.05, 0) is 24.3 Å². The molecule has 5 unspecified atom stereocenters. The number of thiol groups is 2. The standard InChI is InChI=1S/C17H32N4O5S3/c1-4-9(2)13(21-14(22)10(18)7-27)16(24)20-12(8-28)15(23)19-11(17(25)26)5-6-29-3/h9-13,27-28H,4-8,18H2,1-3H3,(H,19,23)(H,20,24)(H,21,22)(H,25,26). The molecule has 9 nitrogen and oxygen atoms in total. The average Bonchev–Trinajstić information content (AvgIpc) is 2.70. The van der Waals surface area contributed by atoms with Crippen LogP contribution >= 0.6 is 37.0 Å². The van der Waals surface area contributed by atoms with E-state index < -0.39 is 47.9 Å². The molecular weight excluding hydrogens is 436 g/mol. The Hall–Kier alpha value is -1.11. The second kappa shape index (κ2) is 14.8. The first-order chi connectivity index (χ1) is 13.6. The number of carbonyl (C=O) groups excluding carboxylic acids is 3. The molecule has 5 atom stereocenters. The lowest BCUT2D eigenvalue weighted by molar-refractivity contribution is -0.142. The summed E-state index contributed by atoms with van der Waals surface area (Å²) in [7, 11) is 0. The zero-order valence-corrected chi connectivity index (χ0v) is 19.5. The third-order valence-electron chi connectivity index (χ3n) is 4.37. The highest BCUT2D eigenvalue weighted by molar-refractivity contribution is 7.98. The van der Waals surface area contributed by atoms with E-state index in [9.17, 15) is 24.3 Å². The van der Waals surface area contributed by atoms with Crippen molar-refractivity contribution in [2.45, 2.75) is 50.9 Å². The number of hydrogen-bond acceptors (Lipinski definition) is 8. The Morgan fingerprint density at radius 1 is 1.00 bits per heavy atom. The molecule has 29 heavy (non-hydrogen) atoms.